The van der Waals surface area contributed by atoms with E-state index in [-0.39, 0.29) is 17.6 Å². The van der Waals surface area contributed by atoms with E-state index in [0.29, 0.717) is 5.75 Å². The normalized spacial score (nSPS) is 14.4. The Hall–Kier alpha value is -3.94. The number of aryl methyl sites for hydroxylation is 1. The minimum atomic E-state index is -0.277. The van der Waals surface area contributed by atoms with Crippen LogP contribution in [0.4, 0.5) is 15.9 Å². The minimum Gasteiger partial charge on any atom is -0.497 e. The van der Waals surface area contributed by atoms with Gasteiger partial charge in [0.1, 0.15) is 17.4 Å². The van der Waals surface area contributed by atoms with Gasteiger partial charge >= 0.3 is 0 Å². The van der Waals surface area contributed by atoms with Crippen molar-refractivity contribution in [2.24, 2.45) is 5.92 Å². The Bertz CT molecular complexity index is 1330. The summed E-state index contributed by atoms with van der Waals surface area (Å²) in [5.74, 6) is 1.35. The molecule has 0 saturated carbocycles. The number of rotatable bonds is 5. The Morgan fingerprint density at radius 2 is 1.85 bits per heavy atom. The van der Waals surface area contributed by atoms with Gasteiger partial charge in [0.15, 0.2) is 5.65 Å². The van der Waals surface area contributed by atoms with Crippen molar-refractivity contribution in [3.8, 4) is 17.0 Å². The summed E-state index contributed by atoms with van der Waals surface area (Å²) >= 11 is 0. The van der Waals surface area contributed by atoms with Crippen molar-refractivity contribution < 1.29 is 13.9 Å². The molecule has 7 nitrogen and oxygen atoms in total. The third kappa shape index (κ3) is 4.44. The Kier molecular flexibility index (Phi) is 5.88. The molecule has 1 aliphatic heterocycles. The average molecular weight is 460 g/mol. The molecule has 0 radical (unpaired) electrons. The van der Waals surface area contributed by atoms with Gasteiger partial charge in [-0.2, -0.15) is 9.61 Å². The highest BCUT2D eigenvalue weighted by atomic mass is 19.1. The lowest BCUT2D eigenvalue weighted by atomic mass is 9.95. The highest BCUT2D eigenvalue weighted by Gasteiger charge is 2.27. The molecule has 1 amide bonds. The summed E-state index contributed by atoms with van der Waals surface area (Å²) in [6.07, 6.45) is 1.48. The summed E-state index contributed by atoms with van der Waals surface area (Å²) in [6.45, 7) is 3.43. The second-order valence-corrected chi connectivity index (χ2v) is 8.54. The number of amides is 1. The van der Waals surface area contributed by atoms with E-state index in [4.69, 9.17) is 9.84 Å². The van der Waals surface area contributed by atoms with Crippen molar-refractivity contribution in [1.82, 2.24) is 14.6 Å². The Labute approximate surface area is 197 Å². The van der Waals surface area contributed by atoms with Gasteiger partial charge < -0.3 is 15.0 Å². The second-order valence-electron chi connectivity index (χ2n) is 8.54. The van der Waals surface area contributed by atoms with Gasteiger partial charge in [-0.05, 0) is 56.2 Å². The van der Waals surface area contributed by atoms with E-state index in [1.165, 1.54) is 12.1 Å². The summed E-state index contributed by atoms with van der Waals surface area (Å²) in [4.78, 5) is 19.7. The second kappa shape index (κ2) is 9.13. The van der Waals surface area contributed by atoms with E-state index in [9.17, 15) is 9.18 Å². The van der Waals surface area contributed by atoms with Gasteiger partial charge in [0.25, 0.3) is 0 Å². The zero-order chi connectivity index (χ0) is 23.7. The maximum atomic E-state index is 13.3. The lowest BCUT2D eigenvalue weighted by Crippen LogP contribution is -2.39. The van der Waals surface area contributed by atoms with Gasteiger partial charge in [-0.15, -0.1) is 0 Å². The average Bonchev–Trinajstić information content (AvgIpc) is 3.28. The van der Waals surface area contributed by atoms with Crippen LogP contribution >= 0.6 is 0 Å². The fraction of sp³-hybridized carbons (Fsp3) is 0.269. The lowest BCUT2D eigenvalue weighted by molar-refractivity contribution is -0.120. The van der Waals surface area contributed by atoms with Crippen molar-refractivity contribution in [2.75, 3.05) is 30.4 Å². The first kappa shape index (κ1) is 21.9. The highest BCUT2D eigenvalue weighted by Crippen LogP contribution is 2.28. The van der Waals surface area contributed by atoms with Crippen LogP contribution in [0.2, 0.25) is 0 Å². The number of fused-ring (bicyclic) bond motifs is 1. The predicted octanol–water partition coefficient (Wildman–Crippen LogP) is 4.71. The standard InChI is InChI=1S/C26H26FN5O2/c1-17-14-25(32-24(28-17)16-23(30-32)18-6-8-20(27)9-7-18)31-12-10-19(11-13-31)26(33)29-21-4-3-5-22(15-21)34-2/h3-9,14-16,19H,10-13H2,1-2H3,(H,29,33). The quantitative estimate of drug-likeness (QED) is 0.468. The highest BCUT2D eigenvalue weighted by molar-refractivity contribution is 5.92. The van der Waals surface area contributed by atoms with Crippen LogP contribution in [0.5, 0.6) is 5.75 Å². The molecule has 1 fully saturated rings. The van der Waals surface area contributed by atoms with Crippen molar-refractivity contribution in [2.45, 2.75) is 19.8 Å². The molecule has 4 aromatic rings. The van der Waals surface area contributed by atoms with Crippen LogP contribution in [0.15, 0.2) is 60.7 Å². The molecule has 8 heteroatoms. The largest absolute Gasteiger partial charge is 0.497 e. The molecule has 1 saturated heterocycles. The fourth-order valence-corrected chi connectivity index (χ4v) is 4.38. The number of carbonyl (C=O) groups excluding carboxylic acids is 1. The first-order chi connectivity index (χ1) is 16.5. The van der Waals surface area contributed by atoms with Crippen LogP contribution in [0.3, 0.4) is 0 Å². The van der Waals surface area contributed by atoms with Crippen molar-refractivity contribution in [3.63, 3.8) is 0 Å². The number of hydrogen-bond acceptors (Lipinski definition) is 5. The smallest absolute Gasteiger partial charge is 0.227 e. The van der Waals surface area contributed by atoms with Gasteiger partial charge in [-0.1, -0.05) is 6.07 Å². The third-order valence-electron chi connectivity index (χ3n) is 6.20. The topological polar surface area (TPSA) is 71.8 Å². The predicted molar refractivity (Wildman–Crippen MR) is 130 cm³/mol. The SMILES string of the molecule is COc1cccc(NC(=O)C2CCN(c3cc(C)nc4cc(-c5ccc(F)cc5)nn34)CC2)c1. The van der Waals surface area contributed by atoms with E-state index in [1.807, 2.05) is 47.8 Å². The fourth-order valence-electron chi connectivity index (χ4n) is 4.38. The Morgan fingerprint density at radius 3 is 2.59 bits per heavy atom. The summed E-state index contributed by atoms with van der Waals surface area (Å²) in [6, 6.07) is 17.6. The molecule has 34 heavy (non-hydrogen) atoms. The molecule has 0 atom stereocenters. The maximum Gasteiger partial charge on any atom is 0.227 e. The monoisotopic (exact) mass is 459 g/mol. The number of halogens is 1. The van der Waals surface area contributed by atoms with E-state index < -0.39 is 0 Å². The summed E-state index contributed by atoms with van der Waals surface area (Å²) in [5, 5.41) is 7.77. The van der Waals surface area contributed by atoms with Crippen molar-refractivity contribution in [3.05, 3.63) is 72.2 Å². The molecule has 1 aliphatic rings. The number of aromatic nitrogens is 3. The molecular weight excluding hydrogens is 433 g/mol. The van der Waals surface area contributed by atoms with Crippen LogP contribution in [0.1, 0.15) is 18.5 Å². The number of piperidine rings is 1. The van der Waals surface area contributed by atoms with Gasteiger partial charge in [0.05, 0.1) is 12.8 Å². The minimum absolute atomic E-state index is 0.0293. The number of ether oxygens (including phenoxy) is 1. The van der Waals surface area contributed by atoms with Gasteiger partial charge in [0, 0.05) is 54.2 Å². The summed E-state index contributed by atoms with van der Waals surface area (Å²) in [5.41, 5.74) is 3.96. The number of anilines is 2. The number of hydrogen-bond donors (Lipinski definition) is 1. The molecular formula is C26H26FN5O2. The van der Waals surface area contributed by atoms with Crippen molar-refractivity contribution >= 4 is 23.1 Å². The summed E-state index contributed by atoms with van der Waals surface area (Å²) in [7, 11) is 1.61. The van der Waals surface area contributed by atoms with Gasteiger partial charge in [0.2, 0.25) is 5.91 Å². The lowest BCUT2D eigenvalue weighted by Gasteiger charge is -2.33. The Balaban J connectivity index is 1.32. The first-order valence-corrected chi connectivity index (χ1v) is 11.3. The number of carbonyl (C=O) groups is 1. The number of methoxy groups -OCH3 is 1. The zero-order valence-corrected chi connectivity index (χ0v) is 19.2. The van der Waals surface area contributed by atoms with E-state index >= 15 is 0 Å². The van der Waals surface area contributed by atoms with Crippen molar-refractivity contribution in [1.29, 1.82) is 0 Å². The summed E-state index contributed by atoms with van der Waals surface area (Å²) < 4.78 is 20.4. The molecule has 3 heterocycles. The van der Waals surface area contributed by atoms with Crippen LogP contribution < -0.4 is 15.0 Å². The van der Waals surface area contributed by atoms with Crippen LogP contribution in [-0.4, -0.2) is 40.7 Å². The van der Waals surface area contributed by atoms with Crippen LogP contribution in [-0.2, 0) is 4.79 Å². The molecule has 0 bridgehead atoms. The number of benzene rings is 2. The Morgan fingerprint density at radius 1 is 1.09 bits per heavy atom. The molecule has 2 aromatic carbocycles. The van der Waals surface area contributed by atoms with Gasteiger partial charge in [-0.25, -0.2) is 9.37 Å². The van der Waals surface area contributed by atoms with E-state index in [1.54, 1.807) is 19.2 Å². The molecule has 0 aliphatic carbocycles. The molecule has 0 unspecified atom stereocenters. The molecule has 0 spiro atoms. The number of nitrogens with one attached hydrogen (secondary N) is 1. The van der Waals surface area contributed by atoms with E-state index in [0.717, 1.165) is 60.0 Å². The molecule has 174 valence electrons. The molecule has 2 aromatic heterocycles. The van der Waals surface area contributed by atoms with Gasteiger partial charge in [-0.3, -0.25) is 4.79 Å². The molecule has 5 rings (SSSR count). The third-order valence-corrected chi connectivity index (χ3v) is 6.20. The maximum absolute atomic E-state index is 13.3. The molecule has 1 N–H and O–H groups in total. The van der Waals surface area contributed by atoms with Crippen LogP contribution in [0.25, 0.3) is 16.9 Å². The van der Waals surface area contributed by atoms with E-state index in [2.05, 4.69) is 15.2 Å². The first-order valence-electron chi connectivity index (χ1n) is 11.3. The zero-order valence-electron chi connectivity index (χ0n) is 19.2. The van der Waals surface area contributed by atoms with Crippen LogP contribution in [0, 0.1) is 18.7 Å². The number of nitrogens with zero attached hydrogens (tertiary/aromatic N) is 4.